The minimum absolute atomic E-state index is 0.515. The molecule has 0 saturated carbocycles. The minimum Gasteiger partial charge on any atom is -0.362 e. The number of hydrogen-bond donors (Lipinski definition) is 2. The summed E-state index contributed by atoms with van der Waals surface area (Å²) in [6, 6.07) is 2.69. The lowest BCUT2D eigenvalue weighted by Crippen LogP contribution is -2.39. The van der Waals surface area contributed by atoms with E-state index in [0.717, 1.165) is 37.8 Å². The van der Waals surface area contributed by atoms with E-state index in [1.54, 1.807) is 0 Å². The topological polar surface area (TPSA) is 56.3 Å². The van der Waals surface area contributed by atoms with E-state index in [0.29, 0.717) is 23.0 Å². The van der Waals surface area contributed by atoms with Crippen molar-refractivity contribution in [2.45, 2.75) is 65.3 Å². The zero-order valence-corrected chi connectivity index (χ0v) is 17.8. The molecule has 0 amide bonds. The van der Waals surface area contributed by atoms with E-state index < -0.39 is 0 Å². The first-order chi connectivity index (χ1) is 13.0. The second kappa shape index (κ2) is 9.53. The summed E-state index contributed by atoms with van der Waals surface area (Å²) in [5.74, 6) is 3.18. The average molecular weight is 391 g/mol. The first-order valence-electron chi connectivity index (χ1n) is 10.5. The summed E-state index contributed by atoms with van der Waals surface area (Å²) < 4.78 is 0. The van der Waals surface area contributed by atoms with Crippen LogP contribution in [0.5, 0.6) is 0 Å². The summed E-state index contributed by atoms with van der Waals surface area (Å²) in [5, 5.41) is 7.06. The fourth-order valence-electron chi connectivity index (χ4n) is 3.79. The molecule has 7 heteroatoms. The number of thiocarbonyl (C=S) groups is 1. The van der Waals surface area contributed by atoms with Gasteiger partial charge in [-0.3, -0.25) is 0 Å². The molecule has 1 atom stereocenters. The van der Waals surface area contributed by atoms with Gasteiger partial charge in [0, 0.05) is 38.3 Å². The lowest BCUT2D eigenvalue weighted by molar-refractivity contribution is 0.481. The summed E-state index contributed by atoms with van der Waals surface area (Å²) in [5.41, 5.74) is 0. The van der Waals surface area contributed by atoms with Gasteiger partial charge in [-0.1, -0.05) is 13.8 Å². The van der Waals surface area contributed by atoms with Crippen molar-refractivity contribution in [2.75, 3.05) is 41.3 Å². The van der Waals surface area contributed by atoms with Crippen molar-refractivity contribution in [3.05, 3.63) is 6.07 Å². The zero-order chi connectivity index (χ0) is 19.2. The molecule has 3 heterocycles. The van der Waals surface area contributed by atoms with Crippen molar-refractivity contribution in [1.29, 1.82) is 0 Å². The Labute approximate surface area is 169 Å². The van der Waals surface area contributed by atoms with Gasteiger partial charge in [-0.15, -0.1) is 0 Å². The van der Waals surface area contributed by atoms with Gasteiger partial charge in [0.05, 0.1) is 0 Å². The zero-order valence-electron chi connectivity index (χ0n) is 17.0. The highest BCUT2D eigenvalue weighted by molar-refractivity contribution is 7.80. The smallest absolute Gasteiger partial charge is 0.232 e. The van der Waals surface area contributed by atoms with Crippen LogP contribution in [-0.2, 0) is 0 Å². The Morgan fingerprint density at radius 3 is 2.52 bits per heavy atom. The maximum atomic E-state index is 5.45. The van der Waals surface area contributed by atoms with Gasteiger partial charge in [0.1, 0.15) is 11.6 Å². The second-order valence-electron chi connectivity index (χ2n) is 8.22. The molecule has 1 aromatic rings. The lowest BCUT2D eigenvalue weighted by Gasteiger charge is -2.35. The van der Waals surface area contributed by atoms with Gasteiger partial charge in [-0.05, 0) is 63.6 Å². The Bertz CT molecular complexity index is 629. The van der Waals surface area contributed by atoms with Crippen molar-refractivity contribution >= 4 is 34.9 Å². The second-order valence-corrected chi connectivity index (χ2v) is 8.63. The molecule has 0 bridgehead atoms. The van der Waals surface area contributed by atoms with E-state index in [-0.39, 0.29) is 0 Å². The number of rotatable bonds is 5. The molecule has 2 fully saturated rings. The average Bonchev–Trinajstić information content (AvgIpc) is 2.67. The molecule has 0 aromatic carbocycles. The standard InChI is InChI=1S/C20H34N6S/c1-15(2)14-21-20(27)24-19-22-17(25-10-6-4-7-11-25)13-18(23-19)26-12-8-5-9-16(26)3/h13,15-16H,4-12,14H2,1-3H3,(H2,21,22,23,24,27)/t16-/m1/s1. The van der Waals surface area contributed by atoms with Gasteiger partial charge in [0.15, 0.2) is 5.11 Å². The highest BCUT2D eigenvalue weighted by atomic mass is 32.1. The molecule has 2 saturated heterocycles. The summed E-state index contributed by atoms with van der Waals surface area (Å²) in [4.78, 5) is 14.4. The number of hydrogen-bond acceptors (Lipinski definition) is 5. The monoisotopic (exact) mass is 390 g/mol. The van der Waals surface area contributed by atoms with Crippen molar-refractivity contribution in [3.63, 3.8) is 0 Å². The van der Waals surface area contributed by atoms with Gasteiger partial charge < -0.3 is 20.4 Å². The molecule has 0 radical (unpaired) electrons. The summed E-state index contributed by atoms with van der Waals surface area (Å²) in [6.45, 7) is 10.7. The predicted molar refractivity (Wildman–Crippen MR) is 118 cm³/mol. The number of nitrogens with zero attached hydrogens (tertiary/aromatic N) is 4. The first kappa shape index (κ1) is 20.1. The quantitative estimate of drug-likeness (QED) is 0.742. The van der Waals surface area contributed by atoms with Crippen molar-refractivity contribution in [3.8, 4) is 0 Å². The molecule has 0 aliphatic carbocycles. The molecule has 0 unspecified atom stereocenters. The molecular weight excluding hydrogens is 356 g/mol. The van der Waals surface area contributed by atoms with Crippen molar-refractivity contribution in [2.24, 2.45) is 5.92 Å². The maximum absolute atomic E-state index is 5.45. The van der Waals surface area contributed by atoms with Gasteiger partial charge >= 0.3 is 0 Å². The minimum atomic E-state index is 0.515. The van der Waals surface area contributed by atoms with E-state index in [9.17, 15) is 0 Å². The van der Waals surface area contributed by atoms with E-state index in [4.69, 9.17) is 22.2 Å². The van der Waals surface area contributed by atoms with E-state index in [2.05, 4.69) is 47.3 Å². The largest absolute Gasteiger partial charge is 0.362 e. The number of aromatic nitrogens is 2. The molecule has 0 spiro atoms. The number of piperidine rings is 2. The Morgan fingerprint density at radius 2 is 1.81 bits per heavy atom. The highest BCUT2D eigenvalue weighted by Crippen LogP contribution is 2.28. The van der Waals surface area contributed by atoms with Gasteiger partial charge in [-0.25, -0.2) is 0 Å². The van der Waals surface area contributed by atoms with Crippen LogP contribution >= 0.6 is 12.2 Å². The van der Waals surface area contributed by atoms with Crippen LogP contribution in [0.15, 0.2) is 6.07 Å². The van der Waals surface area contributed by atoms with Gasteiger partial charge in [0.2, 0.25) is 5.95 Å². The van der Waals surface area contributed by atoms with Crippen LogP contribution in [0.1, 0.15) is 59.3 Å². The van der Waals surface area contributed by atoms with Crippen LogP contribution in [0.2, 0.25) is 0 Å². The maximum Gasteiger partial charge on any atom is 0.232 e. The van der Waals surface area contributed by atoms with E-state index >= 15 is 0 Å². The van der Waals surface area contributed by atoms with Crippen molar-refractivity contribution in [1.82, 2.24) is 15.3 Å². The van der Waals surface area contributed by atoms with Crippen molar-refractivity contribution < 1.29 is 0 Å². The molecule has 150 valence electrons. The summed E-state index contributed by atoms with van der Waals surface area (Å²) >= 11 is 5.45. The highest BCUT2D eigenvalue weighted by Gasteiger charge is 2.23. The van der Waals surface area contributed by atoms with Crippen LogP contribution in [0.4, 0.5) is 17.6 Å². The number of nitrogens with one attached hydrogen (secondary N) is 2. The predicted octanol–water partition coefficient (Wildman–Crippen LogP) is 3.79. The van der Waals surface area contributed by atoms with Crippen LogP contribution in [0, 0.1) is 5.92 Å². The third kappa shape index (κ3) is 5.67. The molecule has 2 aliphatic rings. The Hall–Kier alpha value is -1.63. The van der Waals surface area contributed by atoms with Gasteiger partial charge in [-0.2, -0.15) is 9.97 Å². The molecule has 6 nitrogen and oxygen atoms in total. The Kier molecular flexibility index (Phi) is 7.10. The molecule has 3 rings (SSSR count). The first-order valence-corrected chi connectivity index (χ1v) is 10.9. The van der Waals surface area contributed by atoms with E-state index in [1.165, 1.54) is 38.5 Å². The van der Waals surface area contributed by atoms with Crippen LogP contribution in [0.3, 0.4) is 0 Å². The molecule has 2 N–H and O–H groups in total. The normalized spacial score (nSPS) is 20.7. The molecule has 27 heavy (non-hydrogen) atoms. The third-order valence-corrected chi connectivity index (χ3v) is 5.62. The fraction of sp³-hybridized carbons (Fsp3) is 0.750. The lowest BCUT2D eigenvalue weighted by atomic mass is 10.0. The summed E-state index contributed by atoms with van der Waals surface area (Å²) in [6.07, 6.45) is 7.53. The van der Waals surface area contributed by atoms with Gasteiger partial charge in [0.25, 0.3) is 0 Å². The van der Waals surface area contributed by atoms with E-state index in [1.807, 2.05) is 0 Å². The van der Waals surface area contributed by atoms with Crippen LogP contribution in [0.25, 0.3) is 0 Å². The summed E-state index contributed by atoms with van der Waals surface area (Å²) in [7, 11) is 0. The molecule has 2 aliphatic heterocycles. The van der Waals surface area contributed by atoms with Crippen LogP contribution < -0.4 is 20.4 Å². The van der Waals surface area contributed by atoms with Crippen LogP contribution in [-0.4, -0.2) is 47.3 Å². The SMILES string of the molecule is CC(C)CNC(=S)Nc1nc(N2CCCCC2)cc(N2CCCC[C@H]2C)n1. The molecular formula is C20H34N6S. The number of anilines is 3. The Morgan fingerprint density at radius 1 is 1.11 bits per heavy atom. The molecule has 1 aromatic heterocycles. The third-order valence-electron chi connectivity index (χ3n) is 5.37. The fourth-order valence-corrected chi connectivity index (χ4v) is 3.97. The Balaban J connectivity index is 1.82.